The van der Waals surface area contributed by atoms with Gasteiger partial charge < -0.3 is 4.57 Å². The van der Waals surface area contributed by atoms with Gasteiger partial charge in [-0.15, -0.1) is 0 Å². The zero-order valence-electron chi connectivity index (χ0n) is 5.72. The maximum atomic E-state index is 3.84. The van der Waals surface area contributed by atoms with Crippen LogP contribution in [0.4, 0.5) is 0 Å². The molecule has 1 rings (SSSR count). The molecule has 0 amide bonds. The molecule has 0 spiro atoms. The van der Waals surface area contributed by atoms with E-state index < -0.39 is 0 Å². The topological polar surface area (TPSA) is 4.93 Å². The molecule has 1 heterocycles. The molecule has 1 aromatic rings. The first-order valence-electron chi connectivity index (χ1n) is 3.09. The van der Waals surface area contributed by atoms with Crippen molar-refractivity contribution in [2.45, 2.75) is 13.5 Å². The van der Waals surface area contributed by atoms with E-state index in [1.807, 2.05) is 12.1 Å². The van der Waals surface area contributed by atoms with Gasteiger partial charge in [0.15, 0.2) is 0 Å². The summed E-state index contributed by atoms with van der Waals surface area (Å²) in [7, 11) is 0. The Morgan fingerprint density at radius 2 is 1.78 bits per heavy atom. The number of hydrogen-bond donors (Lipinski definition) is 0. The largest absolute Gasteiger partial charge is 0.343 e. The van der Waals surface area contributed by atoms with Crippen molar-refractivity contribution >= 4 is 13.2 Å². The minimum Gasteiger partial charge on any atom is -0.343 e. The quantitative estimate of drug-likeness (QED) is 0.504. The third-order valence-electron chi connectivity index (χ3n) is 1.48. The summed E-state index contributed by atoms with van der Waals surface area (Å²) in [4.78, 5) is 0. The Balaban J connectivity index is 3.41. The molecule has 0 aliphatic heterocycles. The number of aromatic nitrogens is 1. The summed E-state index contributed by atoms with van der Waals surface area (Å²) in [5.74, 6) is 0. The third kappa shape index (κ3) is 0.900. The van der Waals surface area contributed by atoms with Gasteiger partial charge in [0.25, 0.3) is 0 Å². The lowest BCUT2D eigenvalue weighted by Crippen LogP contribution is -2.23. The average Bonchev–Trinajstić information content (AvgIpc) is 2.12. The second-order valence-electron chi connectivity index (χ2n) is 2.06. The standard InChI is InChI=1S/C8H11N/c1-4-9-7(2)5-6-8(9)3/h5-6H,2-4H2,1H3. The van der Waals surface area contributed by atoms with Crippen LogP contribution < -0.4 is 10.7 Å². The minimum atomic E-state index is 0.963. The molecule has 0 fully saturated rings. The van der Waals surface area contributed by atoms with Crippen LogP contribution in [0, 0.1) is 0 Å². The molecule has 1 heteroatoms. The molecule has 48 valence electrons. The van der Waals surface area contributed by atoms with Gasteiger partial charge >= 0.3 is 0 Å². The highest BCUT2D eigenvalue weighted by Crippen LogP contribution is 1.69. The summed E-state index contributed by atoms with van der Waals surface area (Å²) < 4.78 is 2.07. The van der Waals surface area contributed by atoms with Crippen molar-refractivity contribution in [1.29, 1.82) is 0 Å². The van der Waals surface area contributed by atoms with Gasteiger partial charge in [-0.05, 0) is 19.1 Å². The van der Waals surface area contributed by atoms with E-state index in [0.29, 0.717) is 0 Å². The molecule has 0 unspecified atom stereocenters. The Labute approximate surface area is 54.9 Å². The summed E-state index contributed by atoms with van der Waals surface area (Å²) in [6.07, 6.45) is 0. The van der Waals surface area contributed by atoms with Gasteiger partial charge in [-0.25, -0.2) is 0 Å². The molecule has 0 bridgehead atoms. The Kier molecular flexibility index (Phi) is 1.43. The second-order valence-corrected chi connectivity index (χ2v) is 2.06. The first kappa shape index (κ1) is 6.14. The molecule has 0 N–H and O–H groups in total. The van der Waals surface area contributed by atoms with Crippen molar-refractivity contribution in [2.75, 3.05) is 0 Å². The summed E-state index contributed by atoms with van der Waals surface area (Å²) in [6.45, 7) is 10.7. The number of hydrogen-bond acceptors (Lipinski definition) is 0. The fourth-order valence-corrected chi connectivity index (χ4v) is 0.963. The van der Waals surface area contributed by atoms with Gasteiger partial charge in [0.05, 0.1) is 0 Å². The van der Waals surface area contributed by atoms with E-state index in [-0.39, 0.29) is 0 Å². The van der Waals surface area contributed by atoms with Crippen molar-refractivity contribution in [2.24, 2.45) is 0 Å². The molecule has 0 aliphatic carbocycles. The molecule has 0 radical (unpaired) electrons. The van der Waals surface area contributed by atoms with Crippen molar-refractivity contribution < 1.29 is 0 Å². The highest BCUT2D eigenvalue weighted by Gasteiger charge is 1.86. The molecule has 1 aromatic heterocycles. The van der Waals surface area contributed by atoms with Gasteiger partial charge in [0, 0.05) is 17.2 Å². The lowest BCUT2D eigenvalue weighted by Gasteiger charge is -1.94. The van der Waals surface area contributed by atoms with E-state index in [1.54, 1.807) is 0 Å². The molecule has 0 aliphatic rings. The summed E-state index contributed by atoms with van der Waals surface area (Å²) in [6, 6.07) is 3.96. The molecule has 0 aromatic carbocycles. The Hall–Kier alpha value is -0.980. The first-order chi connectivity index (χ1) is 4.25. The van der Waals surface area contributed by atoms with Crippen molar-refractivity contribution in [1.82, 2.24) is 4.57 Å². The minimum absolute atomic E-state index is 0.963. The van der Waals surface area contributed by atoms with Gasteiger partial charge in [-0.2, -0.15) is 0 Å². The maximum absolute atomic E-state index is 3.84. The molecule has 0 saturated heterocycles. The molecule has 9 heavy (non-hydrogen) atoms. The molecular weight excluding hydrogens is 110 g/mol. The molecule has 1 nitrogen and oxygen atoms in total. The van der Waals surface area contributed by atoms with Crippen LogP contribution >= 0.6 is 0 Å². The van der Waals surface area contributed by atoms with Crippen LogP contribution in [0.25, 0.3) is 13.2 Å². The summed E-state index contributed by atoms with van der Waals surface area (Å²) in [5.41, 5.74) is 0. The second kappa shape index (κ2) is 2.09. The van der Waals surface area contributed by atoms with Crippen LogP contribution in [0.3, 0.4) is 0 Å². The Morgan fingerprint density at radius 3 is 2.00 bits per heavy atom. The third-order valence-corrected chi connectivity index (χ3v) is 1.48. The SMILES string of the molecule is C=c1ccc(=C)n1CC. The van der Waals surface area contributed by atoms with Gasteiger partial charge in [0.1, 0.15) is 0 Å². The predicted octanol–water partition coefficient (Wildman–Crippen LogP) is 0.329. The Morgan fingerprint density at radius 1 is 1.33 bits per heavy atom. The zero-order valence-corrected chi connectivity index (χ0v) is 5.72. The van der Waals surface area contributed by atoms with Crippen molar-refractivity contribution in [3.05, 3.63) is 22.8 Å². The van der Waals surface area contributed by atoms with E-state index in [1.165, 1.54) is 0 Å². The van der Waals surface area contributed by atoms with E-state index >= 15 is 0 Å². The zero-order chi connectivity index (χ0) is 6.85. The van der Waals surface area contributed by atoms with E-state index in [2.05, 4.69) is 24.6 Å². The molecule has 0 atom stereocenters. The van der Waals surface area contributed by atoms with Crippen LogP contribution in [0.2, 0.25) is 0 Å². The first-order valence-corrected chi connectivity index (χ1v) is 3.09. The summed E-state index contributed by atoms with van der Waals surface area (Å²) in [5, 5.41) is 2.09. The average molecular weight is 121 g/mol. The fraction of sp³-hybridized carbons (Fsp3) is 0.250. The van der Waals surface area contributed by atoms with Gasteiger partial charge in [0.2, 0.25) is 0 Å². The van der Waals surface area contributed by atoms with Gasteiger partial charge in [-0.3, -0.25) is 0 Å². The fourth-order valence-electron chi connectivity index (χ4n) is 0.963. The number of rotatable bonds is 1. The van der Waals surface area contributed by atoms with Crippen molar-refractivity contribution in [3.8, 4) is 0 Å². The monoisotopic (exact) mass is 121 g/mol. The molecular formula is C8H11N. The lowest BCUT2D eigenvalue weighted by molar-refractivity contribution is 0.727. The van der Waals surface area contributed by atoms with Gasteiger partial charge in [-0.1, -0.05) is 13.2 Å². The van der Waals surface area contributed by atoms with Crippen LogP contribution in [-0.2, 0) is 6.54 Å². The van der Waals surface area contributed by atoms with Crippen LogP contribution in [0.15, 0.2) is 12.1 Å². The highest BCUT2D eigenvalue weighted by atomic mass is 14.9. The van der Waals surface area contributed by atoms with E-state index in [0.717, 1.165) is 17.2 Å². The van der Waals surface area contributed by atoms with E-state index in [4.69, 9.17) is 0 Å². The van der Waals surface area contributed by atoms with Crippen molar-refractivity contribution in [3.63, 3.8) is 0 Å². The normalized spacial score (nSPS) is 9.89. The highest BCUT2D eigenvalue weighted by molar-refractivity contribution is 5.08. The van der Waals surface area contributed by atoms with E-state index in [9.17, 15) is 0 Å². The predicted molar refractivity (Wildman–Crippen MR) is 40.4 cm³/mol. The maximum Gasteiger partial charge on any atom is 0.0338 e. The Bertz CT molecular complexity index is 255. The molecule has 0 saturated carbocycles. The van der Waals surface area contributed by atoms with Crippen LogP contribution in [0.1, 0.15) is 6.92 Å². The van der Waals surface area contributed by atoms with Crippen LogP contribution in [0.5, 0.6) is 0 Å². The summed E-state index contributed by atoms with van der Waals surface area (Å²) >= 11 is 0. The lowest BCUT2D eigenvalue weighted by atomic mass is 10.6. The number of nitrogens with zero attached hydrogens (tertiary/aromatic N) is 1. The smallest absolute Gasteiger partial charge is 0.0338 e. The van der Waals surface area contributed by atoms with Crippen LogP contribution in [-0.4, -0.2) is 4.57 Å².